The molecule has 11 nitrogen and oxygen atoms in total. The van der Waals surface area contributed by atoms with Gasteiger partial charge in [-0.2, -0.15) is 9.29 Å². The number of ether oxygens (including phenoxy) is 2. The lowest BCUT2D eigenvalue weighted by atomic mass is 9.87. The highest BCUT2D eigenvalue weighted by molar-refractivity contribution is 7.88. The molecule has 0 bridgehead atoms. The van der Waals surface area contributed by atoms with Gasteiger partial charge in [0.1, 0.15) is 12.2 Å². The maximum absolute atomic E-state index is 11.8. The number of imidazole rings is 1. The van der Waals surface area contributed by atoms with Gasteiger partial charge in [0.25, 0.3) is 6.01 Å². The Kier molecular flexibility index (Phi) is 7.42. The molecule has 200 valence electrons. The van der Waals surface area contributed by atoms with Crippen LogP contribution < -0.4 is 4.74 Å². The summed E-state index contributed by atoms with van der Waals surface area (Å²) < 4.78 is 36.2. The number of sulfonamides is 1. The van der Waals surface area contributed by atoms with Gasteiger partial charge in [-0.1, -0.05) is 35.9 Å². The van der Waals surface area contributed by atoms with Crippen LogP contribution in [0.2, 0.25) is 5.02 Å². The first-order valence-electron chi connectivity index (χ1n) is 12.0. The second kappa shape index (κ2) is 10.4. The van der Waals surface area contributed by atoms with E-state index in [0.29, 0.717) is 41.3 Å². The molecule has 2 fully saturated rings. The first kappa shape index (κ1) is 26.3. The number of pyridine rings is 1. The van der Waals surface area contributed by atoms with Crippen molar-refractivity contribution in [1.29, 1.82) is 0 Å². The number of aliphatic hydroxyl groups is 3. The maximum Gasteiger partial charge on any atom is 0.296 e. The van der Waals surface area contributed by atoms with Crippen LogP contribution in [0.4, 0.5) is 0 Å². The van der Waals surface area contributed by atoms with E-state index in [-0.39, 0.29) is 31.7 Å². The van der Waals surface area contributed by atoms with Crippen LogP contribution in [0.15, 0.2) is 30.3 Å². The number of H-pyrrole nitrogens is 1. The molecule has 4 N–H and O–H groups in total. The molecule has 2 aliphatic heterocycles. The van der Waals surface area contributed by atoms with E-state index in [2.05, 4.69) is 15.0 Å². The number of aliphatic hydroxyl groups excluding tert-OH is 3. The molecule has 1 aromatic carbocycles. The highest BCUT2D eigenvalue weighted by Crippen LogP contribution is 2.33. The van der Waals surface area contributed by atoms with Crippen molar-refractivity contribution in [3.8, 4) is 17.3 Å². The zero-order chi connectivity index (χ0) is 26.3. The molecule has 2 aliphatic rings. The van der Waals surface area contributed by atoms with Gasteiger partial charge in [0.2, 0.25) is 10.0 Å². The normalized spacial score (nSPS) is 27.4. The number of hydrogen-bond acceptors (Lipinski definition) is 9. The fraction of sp³-hybridized carbons (Fsp3) is 0.500. The van der Waals surface area contributed by atoms with E-state index in [1.807, 2.05) is 24.3 Å². The third-order valence-electron chi connectivity index (χ3n) is 6.92. The quantitative estimate of drug-likeness (QED) is 0.353. The number of hydrogen-bond donors (Lipinski definition) is 4. The van der Waals surface area contributed by atoms with E-state index >= 15 is 0 Å². The molecule has 37 heavy (non-hydrogen) atoms. The van der Waals surface area contributed by atoms with Crippen LogP contribution in [0.3, 0.4) is 0 Å². The topological polar surface area (TPSA) is 158 Å². The van der Waals surface area contributed by atoms with Crippen LogP contribution in [0.1, 0.15) is 24.3 Å². The number of piperidine rings is 1. The van der Waals surface area contributed by atoms with Gasteiger partial charge in [-0.25, -0.2) is 13.4 Å². The fourth-order valence-electron chi connectivity index (χ4n) is 4.88. The zero-order valence-electron chi connectivity index (χ0n) is 20.1. The van der Waals surface area contributed by atoms with Gasteiger partial charge in [0, 0.05) is 31.0 Å². The smallest absolute Gasteiger partial charge is 0.296 e. The number of halogens is 1. The molecular formula is C24H29ClN4O7S. The molecule has 0 saturated carbocycles. The largest absolute Gasteiger partial charge is 0.459 e. The molecule has 5 rings (SSSR count). The number of nitrogens with zero attached hydrogens (tertiary/aromatic N) is 3. The standard InChI is InChI=1S/C24H29ClN4O7S/c1-37(33,34)29-7-6-16(20(32)10-29)13-2-4-14(5-3-13)22-17(25)9-18-23(27-22)28-24(26-18)36-15-8-19(31)21(11-30)35-12-15/h2-5,9,15-16,19-21,30-32H,6-8,10-12H2,1H3,(H,26,27,28)/t15-,16?,19+,20?,21?/m1/s1. The summed E-state index contributed by atoms with van der Waals surface area (Å²) in [5, 5.41) is 30.2. The van der Waals surface area contributed by atoms with Crippen LogP contribution >= 0.6 is 11.6 Å². The Morgan fingerprint density at radius 1 is 1.22 bits per heavy atom. The summed E-state index contributed by atoms with van der Waals surface area (Å²) in [4.78, 5) is 12.0. The Hall–Kier alpha value is -2.32. The van der Waals surface area contributed by atoms with Gasteiger partial charge in [-0.15, -0.1) is 0 Å². The lowest BCUT2D eigenvalue weighted by Gasteiger charge is -2.34. The first-order valence-corrected chi connectivity index (χ1v) is 14.2. The Bertz CT molecular complexity index is 1370. The molecule has 2 saturated heterocycles. The summed E-state index contributed by atoms with van der Waals surface area (Å²) in [5.41, 5.74) is 3.22. The minimum absolute atomic E-state index is 0.0762. The van der Waals surface area contributed by atoms with Crippen LogP contribution in [0.25, 0.3) is 22.4 Å². The van der Waals surface area contributed by atoms with Crippen LogP contribution in [-0.2, 0) is 14.8 Å². The molecule has 3 aromatic rings. The predicted molar refractivity (Wildman–Crippen MR) is 136 cm³/mol. The molecule has 13 heteroatoms. The summed E-state index contributed by atoms with van der Waals surface area (Å²) in [6.07, 6.45) is -0.689. The fourth-order valence-corrected chi connectivity index (χ4v) is 6.00. The van der Waals surface area contributed by atoms with Crippen molar-refractivity contribution < 1.29 is 33.2 Å². The molecule has 4 heterocycles. The van der Waals surface area contributed by atoms with Crippen molar-refractivity contribution in [2.75, 3.05) is 32.6 Å². The second-order valence-electron chi connectivity index (χ2n) is 9.53. The van der Waals surface area contributed by atoms with E-state index in [1.165, 1.54) is 4.31 Å². The van der Waals surface area contributed by atoms with Gasteiger partial charge in [0.05, 0.1) is 47.9 Å². The second-order valence-corrected chi connectivity index (χ2v) is 11.9. The minimum atomic E-state index is -3.34. The molecule has 3 unspecified atom stereocenters. The van der Waals surface area contributed by atoms with E-state index < -0.39 is 34.4 Å². The summed E-state index contributed by atoms with van der Waals surface area (Å²) in [6.45, 7) is 0.400. The molecule has 2 aromatic heterocycles. The Morgan fingerprint density at radius 2 is 1.97 bits per heavy atom. The van der Waals surface area contributed by atoms with Gasteiger partial charge in [-0.05, 0) is 18.1 Å². The highest BCUT2D eigenvalue weighted by Gasteiger charge is 2.33. The van der Waals surface area contributed by atoms with Crippen molar-refractivity contribution in [2.24, 2.45) is 0 Å². The monoisotopic (exact) mass is 552 g/mol. The van der Waals surface area contributed by atoms with Gasteiger partial charge >= 0.3 is 0 Å². The predicted octanol–water partition coefficient (Wildman–Crippen LogP) is 1.28. The van der Waals surface area contributed by atoms with Crippen molar-refractivity contribution >= 4 is 32.8 Å². The molecule has 0 amide bonds. The van der Waals surface area contributed by atoms with Gasteiger partial charge in [-0.3, -0.25) is 0 Å². The zero-order valence-corrected chi connectivity index (χ0v) is 21.7. The van der Waals surface area contributed by atoms with Crippen molar-refractivity contribution in [1.82, 2.24) is 19.3 Å². The summed E-state index contributed by atoms with van der Waals surface area (Å²) >= 11 is 6.53. The summed E-state index contributed by atoms with van der Waals surface area (Å²) in [6, 6.07) is 9.47. The van der Waals surface area contributed by atoms with E-state index in [1.54, 1.807) is 6.07 Å². The lowest BCUT2D eigenvalue weighted by Crippen LogP contribution is -2.45. The third-order valence-corrected chi connectivity index (χ3v) is 8.48. The number of nitrogens with one attached hydrogen (secondary N) is 1. The number of aromatic amines is 1. The number of aromatic nitrogens is 3. The number of rotatable bonds is 6. The average Bonchev–Trinajstić information content (AvgIpc) is 3.24. The number of benzene rings is 1. The SMILES string of the molecule is CS(=O)(=O)N1CCC(c2ccc(-c3nc4nc(O[C@H]5COC(CO)[C@@H](O)C5)[nH]c4cc3Cl)cc2)C(O)C1. The molecular weight excluding hydrogens is 524 g/mol. The van der Waals surface area contributed by atoms with Crippen LogP contribution in [0, 0.1) is 0 Å². The van der Waals surface area contributed by atoms with E-state index in [9.17, 15) is 23.7 Å². The molecule has 0 spiro atoms. The Morgan fingerprint density at radius 3 is 2.62 bits per heavy atom. The summed E-state index contributed by atoms with van der Waals surface area (Å²) in [7, 11) is -3.34. The first-order chi connectivity index (χ1) is 17.6. The minimum Gasteiger partial charge on any atom is -0.459 e. The Balaban J connectivity index is 1.31. The number of β-amino-alcohol motifs (C(OH)–C–C–N with tert-alkyl or cyclic N) is 1. The lowest BCUT2D eigenvalue weighted by molar-refractivity contribution is -0.131. The summed E-state index contributed by atoms with van der Waals surface area (Å²) in [5.74, 6) is -0.168. The van der Waals surface area contributed by atoms with Gasteiger partial charge < -0.3 is 29.8 Å². The van der Waals surface area contributed by atoms with Crippen molar-refractivity contribution in [2.45, 2.75) is 43.2 Å². The Labute approximate surface area is 219 Å². The van der Waals surface area contributed by atoms with Gasteiger partial charge in [0.15, 0.2) is 5.65 Å². The highest BCUT2D eigenvalue weighted by atomic mass is 35.5. The molecule has 0 radical (unpaired) electrons. The van der Waals surface area contributed by atoms with E-state index in [0.717, 1.165) is 17.4 Å². The molecule has 5 atom stereocenters. The molecule has 0 aliphatic carbocycles. The van der Waals surface area contributed by atoms with E-state index in [4.69, 9.17) is 21.1 Å². The van der Waals surface area contributed by atoms with Crippen LogP contribution in [0.5, 0.6) is 6.01 Å². The van der Waals surface area contributed by atoms with Crippen molar-refractivity contribution in [3.63, 3.8) is 0 Å². The van der Waals surface area contributed by atoms with Crippen LogP contribution in [-0.4, -0.2) is 100.0 Å². The number of fused-ring (bicyclic) bond motifs is 1. The average molecular weight is 553 g/mol. The maximum atomic E-state index is 11.8. The van der Waals surface area contributed by atoms with Crippen molar-refractivity contribution in [3.05, 3.63) is 40.9 Å². The third kappa shape index (κ3) is 5.60.